The summed E-state index contributed by atoms with van der Waals surface area (Å²) >= 11 is 0. The van der Waals surface area contributed by atoms with E-state index in [-0.39, 0.29) is 18.6 Å². The third-order valence-electron chi connectivity index (χ3n) is 2.81. The molecule has 0 fully saturated rings. The molecule has 0 radical (unpaired) electrons. The molecule has 104 valence electrons. The van der Waals surface area contributed by atoms with Crippen LogP contribution in [-0.4, -0.2) is 37.6 Å². The zero-order chi connectivity index (χ0) is 13.4. The van der Waals surface area contributed by atoms with Gasteiger partial charge in [0.25, 0.3) is 0 Å². The predicted octanol–water partition coefficient (Wildman–Crippen LogP) is 2.08. The maximum Gasteiger partial charge on any atom is 0.411 e. The highest BCUT2D eigenvalue weighted by atomic mass is 19.4. The van der Waals surface area contributed by atoms with E-state index in [1.54, 1.807) is 0 Å². The molecule has 0 heterocycles. The molecule has 0 aromatic carbocycles. The normalized spacial score (nSPS) is 15.9. The third-order valence-corrected chi connectivity index (χ3v) is 2.81. The van der Waals surface area contributed by atoms with Crippen molar-refractivity contribution in [1.82, 2.24) is 0 Å². The summed E-state index contributed by atoms with van der Waals surface area (Å²) in [5.74, 6) is 0. The van der Waals surface area contributed by atoms with Crippen LogP contribution in [0.1, 0.15) is 32.6 Å². The first-order valence-electron chi connectivity index (χ1n) is 5.84. The van der Waals surface area contributed by atoms with Gasteiger partial charge < -0.3 is 15.6 Å². The van der Waals surface area contributed by atoms with Crippen LogP contribution in [0.25, 0.3) is 0 Å². The SMILES string of the molecule is CCCC(CN)(CO)CCCOCC(F)(F)F. The highest BCUT2D eigenvalue weighted by molar-refractivity contribution is 4.79. The summed E-state index contributed by atoms with van der Waals surface area (Å²) in [6.07, 6.45) is -1.54. The van der Waals surface area contributed by atoms with Gasteiger partial charge in [-0.1, -0.05) is 13.3 Å². The van der Waals surface area contributed by atoms with E-state index in [0.29, 0.717) is 19.4 Å². The third kappa shape index (κ3) is 7.57. The Morgan fingerprint density at radius 1 is 1.24 bits per heavy atom. The number of hydrogen-bond acceptors (Lipinski definition) is 3. The number of nitrogens with two attached hydrogens (primary N) is 1. The van der Waals surface area contributed by atoms with Gasteiger partial charge in [0.15, 0.2) is 0 Å². The minimum absolute atomic E-state index is 0.0311. The lowest BCUT2D eigenvalue weighted by atomic mass is 9.80. The van der Waals surface area contributed by atoms with Gasteiger partial charge in [0.2, 0.25) is 0 Å². The van der Waals surface area contributed by atoms with E-state index in [2.05, 4.69) is 4.74 Å². The Labute approximate surface area is 100 Å². The van der Waals surface area contributed by atoms with Gasteiger partial charge in [-0.15, -0.1) is 0 Å². The molecule has 0 saturated carbocycles. The van der Waals surface area contributed by atoms with Crippen molar-refractivity contribution in [2.24, 2.45) is 11.1 Å². The van der Waals surface area contributed by atoms with Gasteiger partial charge >= 0.3 is 6.18 Å². The molecule has 1 unspecified atom stereocenters. The number of ether oxygens (including phenoxy) is 1. The van der Waals surface area contributed by atoms with Crippen LogP contribution in [0.3, 0.4) is 0 Å². The van der Waals surface area contributed by atoms with E-state index in [4.69, 9.17) is 5.73 Å². The summed E-state index contributed by atoms with van der Waals surface area (Å²) in [5.41, 5.74) is 5.24. The van der Waals surface area contributed by atoms with E-state index in [0.717, 1.165) is 12.8 Å². The molecule has 6 heteroatoms. The molecule has 3 nitrogen and oxygen atoms in total. The summed E-state index contributed by atoms with van der Waals surface area (Å²) in [4.78, 5) is 0. The number of rotatable bonds is 9. The van der Waals surface area contributed by atoms with Crippen LogP contribution in [0.5, 0.6) is 0 Å². The Morgan fingerprint density at radius 3 is 2.29 bits per heavy atom. The lowest BCUT2D eigenvalue weighted by molar-refractivity contribution is -0.174. The maximum atomic E-state index is 11.8. The molecule has 0 bridgehead atoms. The van der Waals surface area contributed by atoms with Gasteiger partial charge in [0.05, 0.1) is 0 Å². The first kappa shape index (κ1) is 16.7. The minimum atomic E-state index is -4.27. The summed E-state index contributed by atoms with van der Waals surface area (Å²) in [7, 11) is 0. The van der Waals surface area contributed by atoms with Crippen LogP contribution in [0, 0.1) is 5.41 Å². The van der Waals surface area contributed by atoms with Crippen molar-refractivity contribution in [1.29, 1.82) is 0 Å². The largest absolute Gasteiger partial charge is 0.411 e. The Balaban J connectivity index is 3.83. The topological polar surface area (TPSA) is 55.5 Å². The van der Waals surface area contributed by atoms with Gasteiger partial charge in [-0.2, -0.15) is 13.2 Å². The first-order chi connectivity index (χ1) is 7.89. The molecular formula is C11H22F3NO2. The van der Waals surface area contributed by atoms with Crippen LogP contribution >= 0.6 is 0 Å². The minimum Gasteiger partial charge on any atom is -0.396 e. The average molecular weight is 257 g/mol. The average Bonchev–Trinajstić information content (AvgIpc) is 2.26. The Hall–Kier alpha value is -0.330. The van der Waals surface area contributed by atoms with Gasteiger partial charge in [0.1, 0.15) is 6.61 Å². The van der Waals surface area contributed by atoms with E-state index >= 15 is 0 Å². The fourth-order valence-electron chi connectivity index (χ4n) is 1.82. The molecule has 0 saturated heterocycles. The van der Waals surface area contributed by atoms with Crippen LogP contribution in [0.15, 0.2) is 0 Å². The number of alkyl halides is 3. The molecule has 17 heavy (non-hydrogen) atoms. The van der Waals surface area contributed by atoms with Crippen molar-refractivity contribution in [2.75, 3.05) is 26.4 Å². The molecule has 0 amide bonds. The second-order valence-corrected chi connectivity index (χ2v) is 4.38. The lowest BCUT2D eigenvalue weighted by Gasteiger charge is -2.30. The van der Waals surface area contributed by atoms with E-state index < -0.39 is 12.8 Å². The summed E-state index contributed by atoms with van der Waals surface area (Å²) in [5, 5.41) is 9.29. The molecule has 0 aromatic heterocycles. The van der Waals surface area contributed by atoms with E-state index in [1.807, 2.05) is 6.92 Å². The van der Waals surface area contributed by atoms with Crippen LogP contribution in [0.4, 0.5) is 13.2 Å². The first-order valence-corrected chi connectivity index (χ1v) is 5.84. The van der Waals surface area contributed by atoms with Crippen molar-refractivity contribution in [3.8, 4) is 0 Å². The van der Waals surface area contributed by atoms with E-state index in [9.17, 15) is 18.3 Å². The Morgan fingerprint density at radius 2 is 1.88 bits per heavy atom. The van der Waals surface area contributed by atoms with Crippen LogP contribution < -0.4 is 5.73 Å². The standard InChI is InChI=1S/C11H22F3NO2/c1-2-4-10(7-15,8-16)5-3-6-17-9-11(12,13)14/h16H,2-9,15H2,1H3. The highest BCUT2D eigenvalue weighted by Crippen LogP contribution is 2.28. The number of halogens is 3. The molecule has 0 aromatic rings. The number of aliphatic hydroxyl groups is 1. The van der Waals surface area contributed by atoms with Gasteiger partial charge in [-0.25, -0.2) is 0 Å². The van der Waals surface area contributed by atoms with Crippen molar-refractivity contribution < 1.29 is 23.0 Å². The predicted molar refractivity (Wildman–Crippen MR) is 59.6 cm³/mol. The van der Waals surface area contributed by atoms with Crippen LogP contribution in [-0.2, 0) is 4.74 Å². The van der Waals surface area contributed by atoms with Crippen molar-refractivity contribution >= 4 is 0 Å². The molecular weight excluding hydrogens is 235 g/mol. The van der Waals surface area contributed by atoms with Crippen molar-refractivity contribution in [3.63, 3.8) is 0 Å². The molecule has 1 atom stereocenters. The molecule has 0 spiro atoms. The molecule has 0 aliphatic rings. The smallest absolute Gasteiger partial charge is 0.396 e. The number of hydrogen-bond donors (Lipinski definition) is 2. The van der Waals surface area contributed by atoms with Gasteiger partial charge in [0, 0.05) is 25.2 Å². The van der Waals surface area contributed by atoms with Crippen LogP contribution in [0.2, 0.25) is 0 Å². The van der Waals surface area contributed by atoms with Gasteiger partial charge in [-0.3, -0.25) is 0 Å². The number of aliphatic hydroxyl groups excluding tert-OH is 1. The Bertz CT molecular complexity index is 194. The van der Waals surface area contributed by atoms with E-state index in [1.165, 1.54) is 0 Å². The maximum absolute atomic E-state index is 11.8. The zero-order valence-electron chi connectivity index (χ0n) is 10.2. The second kappa shape index (κ2) is 7.89. The quantitative estimate of drug-likeness (QED) is 0.622. The monoisotopic (exact) mass is 257 g/mol. The summed E-state index contributed by atoms with van der Waals surface area (Å²) in [6, 6.07) is 0. The Kier molecular flexibility index (Phi) is 7.74. The summed E-state index contributed by atoms with van der Waals surface area (Å²) in [6.45, 7) is 1.13. The van der Waals surface area contributed by atoms with Crippen molar-refractivity contribution in [3.05, 3.63) is 0 Å². The lowest BCUT2D eigenvalue weighted by Crippen LogP contribution is -2.34. The fourth-order valence-corrected chi connectivity index (χ4v) is 1.82. The molecule has 0 rings (SSSR count). The fraction of sp³-hybridized carbons (Fsp3) is 1.00. The molecule has 0 aliphatic heterocycles. The van der Waals surface area contributed by atoms with Gasteiger partial charge in [-0.05, 0) is 19.3 Å². The zero-order valence-corrected chi connectivity index (χ0v) is 10.2. The molecule has 0 aliphatic carbocycles. The summed E-state index contributed by atoms with van der Waals surface area (Å²) < 4.78 is 39.9. The van der Waals surface area contributed by atoms with Crippen molar-refractivity contribution in [2.45, 2.75) is 38.8 Å². The molecule has 3 N–H and O–H groups in total. The second-order valence-electron chi connectivity index (χ2n) is 4.38. The highest BCUT2D eigenvalue weighted by Gasteiger charge is 2.28.